The van der Waals surface area contributed by atoms with Gasteiger partial charge in [-0.05, 0) is 55.2 Å². The third-order valence-electron chi connectivity index (χ3n) is 3.63. The summed E-state index contributed by atoms with van der Waals surface area (Å²) in [5.74, 6) is 0. The van der Waals surface area contributed by atoms with Gasteiger partial charge in [0.25, 0.3) is 10.0 Å². The lowest BCUT2D eigenvalue weighted by atomic mass is 10.2. The molecule has 0 saturated carbocycles. The van der Waals surface area contributed by atoms with Crippen LogP contribution in [0.5, 0.6) is 0 Å². The van der Waals surface area contributed by atoms with Crippen LogP contribution in [0.4, 0.5) is 5.69 Å². The predicted octanol–water partition coefficient (Wildman–Crippen LogP) is 3.05. The zero-order valence-electron chi connectivity index (χ0n) is 11.6. The topological polar surface area (TPSA) is 37.4 Å². The summed E-state index contributed by atoms with van der Waals surface area (Å²) in [7, 11) is -3.46. The van der Waals surface area contributed by atoms with Crippen LogP contribution in [0.2, 0.25) is 0 Å². The number of nitrogens with zero attached hydrogens (tertiary/aromatic N) is 1. The van der Waals surface area contributed by atoms with Crippen molar-refractivity contribution in [2.24, 2.45) is 0 Å². The summed E-state index contributed by atoms with van der Waals surface area (Å²) in [6.07, 6.45) is 0.778. The average Bonchev–Trinajstić information content (AvgIpc) is 2.82. The van der Waals surface area contributed by atoms with Gasteiger partial charge in [0.1, 0.15) is 0 Å². The van der Waals surface area contributed by atoms with E-state index >= 15 is 0 Å². The van der Waals surface area contributed by atoms with Gasteiger partial charge in [-0.2, -0.15) is 0 Å². The van der Waals surface area contributed by atoms with Gasteiger partial charge < -0.3 is 0 Å². The van der Waals surface area contributed by atoms with Gasteiger partial charge in [0.05, 0.1) is 10.6 Å². The highest BCUT2D eigenvalue weighted by molar-refractivity contribution is 7.92. The number of hydrogen-bond donors (Lipinski definition) is 0. The van der Waals surface area contributed by atoms with E-state index in [-0.39, 0.29) is 0 Å². The number of para-hydroxylation sites is 1. The maximum atomic E-state index is 12.8. The third kappa shape index (κ3) is 2.10. The molecule has 4 heteroatoms. The van der Waals surface area contributed by atoms with Crippen molar-refractivity contribution >= 4 is 15.7 Å². The Hall–Kier alpha value is -1.81. The Morgan fingerprint density at radius 3 is 2.35 bits per heavy atom. The quantitative estimate of drug-likeness (QED) is 0.851. The zero-order valence-corrected chi connectivity index (χ0v) is 12.4. The van der Waals surface area contributed by atoms with Crippen molar-refractivity contribution in [3.63, 3.8) is 0 Å². The number of rotatable bonds is 2. The van der Waals surface area contributed by atoms with Crippen LogP contribution in [0.25, 0.3) is 0 Å². The zero-order chi connectivity index (χ0) is 14.3. The summed E-state index contributed by atoms with van der Waals surface area (Å²) < 4.78 is 27.2. The monoisotopic (exact) mass is 287 g/mol. The van der Waals surface area contributed by atoms with Crippen molar-refractivity contribution in [3.8, 4) is 0 Å². The first-order chi connectivity index (χ1) is 9.48. The first-order valence-corrected chi connectivity index (χ1v) is 8.11. The second-order valence-electron chi connectivity index (χ2n) is 5.28. The average molecular weight is 287 g/mol. The first-order valence-electron chi connectivity index (χ1n) is 6.67. The van der Waals surface area contributed by atoms with E-state index in [0.717, 1.165) is 28.8 Å². The van der Waals surface area contributed by atoms with Gasteiger partial charge in [0.15, 0.2) is 0 Å². The van der Waals surface area contributed by atoms with E-state index < -0.39 is 10.0 Å². The molecule has 0 bridgehead atoms. The molecule has 0 amide bonds. The van der Waals surface area contributed by atoms with Crippen molar-refractivity contribution in [1.82, 2.24) is 0 Å². The lowest BCUT2D eigenvalue weighted by Gasteiger charge is -2.20. The molecule has 1 heterocycles. The molecule has 104 valence electrons. The Kier molecular flexibility index (Phi) is 3.05. The Balaban J connectivity index is 2.10. The number of aryl methyl sites for hydroxylation is 2. The molecule has 0 fully saturated rings. The molecule has 0 radical (unpaired) electrons. The predicted molar refractivity (Wildman–Crippen MR) is 80.6 cm³/mol. The number of hydrogen-bond acceptors (Lipinski definition) is 2. The fourth-order valence-electron chi connectivity index (χ4n) is 2.77. The second-order valence-corrected chi connectivity index (χ2v) is 7.14. The van der Waals surface area contributed by atoms with Gasteiger partial charge in [-0.1, -0.05) is 24.3 Å². The van der Waals surface area contributed by atoms with Crippen LogP contribution < -0.4 is 4.31 Å². The summed E-state index contributed by atoms with van der Waals surface area (Å²) in [5.41, 5.74) is 3.85. The number of benzene rings is 2. The number of fused-ring (bicyclic) bond motifs is 1. The van der Waals surface area contributed by atoms with Gasteiger partial charge in [0, 0.05) is 6.54 Å². The Labute approximate surface area is 119 Å². The lowest BCUT2D eigenvalue weighted by Crippen LogP contribution is -2.29. The lowest BCUT2D eigenvalue weighted by molar-refractivity contribution is 0.592. The van der Waals surface area contributed by atoms with E-state index in [1.54, 1.807) is 12.1 Å². The molecule has 0 unspecified atom stereocenters. The summed E-state index contributed by atoms with van der Waals surface area (Å²) in [6.45, 7) is 4.36. The molecule has 2 aromatic carbocycles. The first kappa shape index (κ1) is 13.2. The Morgan fingerprint density at radius 2 is 1.65 bits per heavy atom. The molecule has 0 spiro atoms. The summed E-state index contributed by atoms with van der Waals surface area (Å²) in [5, 5.41) is 0. The summed E-state index contributed by atoms with van der Waals surface area (Å²) in [4.78, 5) is 0.381. The molecule has 0 aliphatic carbocycles. The van der Waals surface area contributed by atoms with Crippen molar-refractivity contribution in [2.45, 2.75) is 25.2 Å². The van der Waals surface area contributed by atoms with Crippen molar-refractivity contribution in [2.75, 3.05) is 10.8 Å². The molecule has 3 nitrogen and oxygen atoms in total. The third-order valence-corrected chi connectivity index (χ3v) is 5.42. The van der Waals surface area contributed by atoms with Crippen LogP contribution in [-0.2, 0) is 16.4 Å². The molecule has 1 aliphatic rings. The Bertz CT molecular complexity index is 746. The minimum Gasteiger partial charge on any atom is -0.266 e. The smallest absolute Gasteiger partial charge is 0.264 e. The van der Waals surface area contributed by atoms with E-state index in [0.29, 0.717) is 11.4 Å². The summed E-state index contributed by atoms with van der Waals surface area (Å²) >= 11 is 0. The van der Waals surface area contributed by atoms with Crippen LogP contribution in [0.3, 0.4) is 0 Å². The van der Waals surface area contributed by atoms with E-state index in [4.69, 9.17) is 0 Å². The van der Waals surface area contributed by atoms with Gasteiger partial charge in [-0.3, -0.25) is 4.31 Å². The molecule has 0 saturated heterocycles. The second kappa shape index (κ2) is 4.63. The fraction of sp³-hybridized carbons (Fsp3) is 0.250. The molecular formula is C16H17NO2S. The minimum absolute atomic E-state index is 0.381. The molecule has 0 N–H and O–H groups in total. The van der Waals surface area contributed by atoms with Crippen molar-refractivity contribution in [1.29, 1.82) is 0 Å². The van der Waals surface area contributed by atoms with E-state index in [2.05, 4.69) is 0 Å². The number of anilines is 1. The van der Waals surface area contributed by atoms with Gasteiger partial charge in [-0.15, -0.1) is 0 Å². The molecular weight excluding hydrogens is 270 g/mol. The van der Waals surface area contributed by atoms with E-state index in [1.807, 2.05) is 44.2 Å². The standard InChI is InChI=1S/C16H17NO2S/c1-12-9-13(2)11-15(10-12)20(18,19)17-8-7-14-5-3-4-6-16(14)17/h3-6,9-11H,7-8H2,1-2H3. The molecule has 0 atom stereocenters. The summed E-state index contributed by atoms with van der Waals surface area (Å²) in [6, 6.07) is 13.2. The largest absolute Gasteiger partial charge is 0.266 e. The minimum atomic E-state index is -3.46. The van der Waals surface area contributed by atoms with Crippen molar-refractivity contribution < 1.29 is 8.42 Å². The van der Waals surface area contributed by atoms with Crippen LogP contribution in [0.1, 0.15) is 16.7 Å². The highest BCUT2D eigenvalue weighted by Gasteiger charge is 2.30. The van der Waals surface area contributed by atoms with Gasteiger partial charge >= 0.3 is 0 Å². The maximum Gasteiger partial charge on any atom is 0.264 e. The molecule has 0 aromatic heterocycles. The molecule has 1 aliphatic heterocycles. The molecule has 3 rings (SSSR count). The normalized spacial score (nSPS) is 14.4. The van der Waals surface area contributed by atoms with Crippen LogP contribution >= 0.6 is 0 Å². The Morgan fingerprint density at radius 1 is 1.00 bits per heavy atom. The van der Waals surface area contributed by atoms with Gasteiger partial charge in [-0.25, -0.2) is 8.42 Å². The SMILES string of the molecule is Cc1cc(C)cc(S(=O)(=O)N2CCc3ccccc32)c1. The highest BCUT2D eigenvalue weighted by atomic mass is 32.2. The van der Waals surface area contributed by atoms with Crippen LogP contribution in [-0.4, -0.2) is 15.0 Å². The van der Waals surface area contributed by atoms with Crippen molar-refractivity contribution in [3.05, 3.63) is 59.2 Å². The van der Waals surface area contributed by atoms with E-state index in [1.165, 1.54) is 4.31 Å². The fourth-order valence-corrected chi connectivity index (χ4v) is 4.46. The highest BCUT2D eigenvalue weighted by Crippen LogP contribution is 2.32. The van der Waals surface area contributed by atoms with Gasteiger partial charge in [0.2, 0.25) is 0 Å². The number of sulfonamides is 1. The van der Waals surface area contributed by atoms with Crippen LogP contribution in [0, 0.1) is 13.8 Å². The maximum absolute atomic E-state index is 12.8. The molecule has 20 heavy (non-hydrogen) atoms. The van der Waals surface area contributed by atoms with E-state index in [9.17, 15) is 8.42 Å². The van der Waals surface area contributed by atoms with Crippen LogP contribution in [0.15, 0.2) is 47.4 Å². The molecule has 2 aromatic rings.